The van der Waals surface area contributed by atoms with Gasteiger partial charge in [-0.3, -0.25) is 9.59 Å². The molecule has 0 aliphatic rings. The maximum atomic E-state index is 11.9. The Morgan fingerprint density at radius 3 is 2.44 bits per heavy atom. The van der Waals surface area contributed by atoms with Gasteiger partial charge >= 0.3 is 6.09 Å². The molecule has 1 aromatic rings. The van der Waals surface area contributed by atoms with Crippen molar-refractivity contribution in [3.8, 4) is 0 Å². The monoisotopic (exact) mass is 379 g/mol. The zero-order valence-electron chi connectivity index (χ0n) is 15.1. The van der Waals surface area contributed by atoms with E-state index in [1.807, 2.05) is 18.2 Å². The SMILES string of the molecule is CC(=O)CC[C@H](NC(=O)C[C@H](O)CNC(=O)OCc1ccccc1)C(N)=O. The number of carbonyl (C=O) groups excluding carboxylic acids is 4. The first-order chi connectivity index (χ1) is 12.8. The zero-order chi connectivity index (χ0) is 20.2. The molecular formula is C18H25N3O6. The van der Waals surface area contributed by atoms with Crippen LogP contribution in [0.5, 0.6) is 0 Å². The van der Waals surface area contributed by atoms with Crippen molar-refractivity contribution in [2.45, 2.75) is 44.9 Å². The topological polar surface area (TPSA) is 148 Å². The van der Waals surface area contributed by atoms with E-state index in [2.05, 4.69) is 10.6 Å². The molecule has 0 radical (unpaired) electrons. The van der Waals surface area contributed by atoms with Gasteiger partial charge in [-0.05, 0) is 18.9 Å². The minimum absolute atomic E-state index is 0.0830. The van der Waals surface area contributed by atoms with Crippen LogP contribution in [0.4, 0.5) is 4.79 Å². The number of aliphatic hydroxyl groups is 1. The van der Waals surface area contributed by atoms with E-state index in [-0.39, 0.29) is 38.2 Å². The molecule has 27 heavy (non-hydrogen) atoms. The molecule has 9 nitrogen and oxygen atoms in total. The van der Waals surface area contributed by atoms with E-state index in [4.69, 9.17) is 10.5 Å². The van der Waals surface area contributed by atoms with Crippen molar-refractivity contribution < 1.29 is 29.0 Å². The summed E-state index contributed by atoms with van der Waals surface area (Å²) in [5.41, 5.74) is 6.00. The Bertz CT molecular complexity index is 650. The second kappa shape index (κ2) is 11.6. The Morgan fingerprint density at radius 2 is 1.85 bits per heavy atom. The molecule has 0 saturated carbocycles. The zero-order valence-corrected chi connectivity index (χ0v) is 15.1. The van der Waals surface area contributed by atoms with Crippen molar-refractivity contribution in [2.24, 2.45) is 5.73 Å². The van der Waals surface area contributed by atoms with E-state index < -0.39 is 30.1 Å². The molecular weight excluding hydrogens is 354 g/mol. The Balaban J connectivity index is 2.30. The molecule has 5 N–H and O–H groups in total. The first-order valence-corrected chi connectivity index (χ1v) is 8.48. The van der Waals surface area contributed by atoms with Crippen LogP contribution in [0, 0.1) is 0 Å². The van der Waals surface area contributed by atoms with Crippen molar-refractivity contribution >= 4 is 23.7 Å². The molecule has 0 aliphatic heterocycles. The van der Waals surface area contributed by atoms with Crippen LogP contribution < -0.4 is 16.4 Å². The predicted molar refractivity (Wildman–Crippen MR) is 96.3 cm³/mol. The van der Waals surface area contributed by atoms with Crippen LogP contribution in [0.15, 0.2) is 30.3 Å². The highest BCUT2D eigenvalue weighted by Crippen LogP contribution is 2.02. The Kier molecular flexibility index (Phi) is 9.52. The average Bonchev–Trinajstić information content (AvgIpc) is 2.62. The molecule has 0 aliphatic carbocycles. The maximum absolute atomic E-state index is 11.9. The lowest BCUT2D eigenvalue weighted by Crippen LogP contribution is -2.46. The number of benzene rings is 1. The molecule has 0 spiro atoms. The second-order valence-electron chi connectivity index (χ2n) is 6.06. The third-order valence-electron chi connectivity index (χ3n) is 3.58. The number of hydrogen-bond acceptors (Lipinski definition) is 6. The number of carbonyl (C=O) groups is 4. The smallest absolute Gasteiger partial charge is 0.407 e. The van der Waals surface area contributed by atoms with E-state index in [0.29, 0.717) is 0 Å². The van der Waals surface area contributed by atoms with Gasteiger partial charge in [0.05, 0.1) is 12.5 Å². The number of Topliss-reactive ketones (excluding diaryl/α,β-unsaturated/α-hetero) is 1. The highest BCUT2D eigenvalue weighted by atomic mass is 16.5. The van der Waals surface area contributed by atoms with Crippen LogP contribution in [0.1, 0.15) is 31.7 Å². The van der Waals surface area contributed by atoms with E-state index in [1.165, 1.54) is 6.92 Å². The van der Waals surface area contributed by atoms with Crippen molar-refractivity contribution in [1.29, 1.82) is 0 Å². The van der Waals surface area contributed by atoms with Gasteiger partial charge in [-0.25, -0.2) is 4.79 Å². The predicted octanol–water partition coefficient (Wildman–Crippen LogP) is 0.00310. The van der Waals surface area contributed by atoms with Gasteiger partial charge in [0, 0.05) is 13.0 Å². The van der Waals surface area contributed by atoms with Gasteiger partial charge in [-0.2, -0.15) is 0 Å². The number of nitrogens with one attached hydrogen (secondary N) is 2. The standard InChI is InChI=1S/C18H25N3O6/c1-12(22)7-8-15(17(19)25)21-16(24)9-14(23)10-20-18(26)27-11-13-5-3-2-4-6-13/h2-6,14-15,23H,7-11H2,1H3,(H2,19,25)(H,20,26)(H,21,24)/t14-,15-/m0/s1. The number of amides is 3. The summed E-state index contributed by atoms with van der Waals surface area (Å²) in [4.78, 5) is 45.7. The molecule has 0 fully saturated rings. The molecule has 148 valence electrons. The van der Waals surface area contributed by atoms with Crippen molar-refractivity contribution in [2.75, 3.05) is 6.54 Å². The van der Waals surface area contributed by atoms with Gasteiger partial charge in [-0.15, -0.1) is 0 Å². The number of rotatable bonds is 11. The number of primary amides is 1. The molecule has 1 rings (SSSR count). The van der Waals surface area contributed by atoms with Crippen LogP contribution in [0.3, 0.4) is 0 Å². The van der Waals surface area contributed by atoms with E-state index in [9.17, 15) is 24.3 Å². The van der Waals surface area contributed by atoms with Gasteiger partial charge in [0.2, 0.25) is 11.8 Å². The van der Waals surface area contributed by atoms with Crippen molar-refractivity contribution in [3.05, 3.63) is 35.9 Å². The van der Waals surface area contributed by atoms with Gasteiger partial charge in [0.1, 0.15) is 18.4 Å². The number of ether oxygens (including phenoxy) is 1. The lowest BCUT2D eigenvalue weighted by molar-refractivity contribution is -0.129. The third kappa shape index (κ3) is 9.95. The highest BCUT2D eigenvalue weighted by Gasteiger charge is 2.20. The Hall–Kier alpha value is -2.94. The van der Waals surface area contributed by atoms with Gasteiger partial charge in [-0.1, -0.05) is 30.3 Å². The maximum Gasteiger partial charge on any atom is 0.407 e. The second-order valence-corrected chi connectivity index (χ2v) is 6.06. The van der Waals surface area contributed by atoms with Crippen LogP contribution in [-0.4, -0.2) is 47.5 Å². The molecule has 0 aromatic heterocycles. The average molecular weight is 379 g/mol. The first kappa shape index (κ1) is 22.1. The fourth-order valence-electron chi connectivity index (χ4n) is 2.15. The minimum Gasteiger partial charge on any atom is -0.445 e. The van der Waals surface area contributed by atoms with E-state index >= 15 is 0 Å². The summed E-state index contributed by atoms with van der Waals surface area (Å²) in [6.07, 6.45) is -2.05. The largest absolute Gasteiger partial charge is 0.445 e. The summed E-state index contributed by atoms with van der Waals surface area (Å²) in [5.74, 6) is -1.51. The fraction of sp³-hybridized carbons (Fsp3) is 0.444. The molecule has 1 aromatic carbocycles. The molecule has 0 saturated heterocycles. The van der Waals surface area contributed by atoms with E-state index in [1.54, 1.807) is 12.1 Å². The summed E-state index contributed by atoms with van der Waals surface area (Å²) in [5, 5.41) is 14.5. The van der Waals surface area contributed by atoms with E-state index in [0.717, 1.165) is 5.56 Å². The van der Waals surface area contributed by atoms with Crippen molar-refractivity contribution in [1.82, 2.24) is 10.6 Å². The minimum atomic E-state index is -1.17. The molecule has 3 amide bonds. The fourth-order valence-corrected chi connectivity index (χ4v) is 2.15. The number of nitrogens with two attached hydrogens (primary N) is 1. The molecule has 9 heteroatoms. The van der Waals surface area contributed by atoms with Crippen molar-refractivity contribution in [3.63, 3.8) is 0 Å². The third-order valence-corrected chi connectivity index (χ3v) is 3.58. The molecule has 0 bridgehead atoms. The number of ketones is 1. The quantitative estimate of drug-likeness (QED) is 0.425. The highest BCUT2D eigenvalue weighted by molar-refractivity contribution is 5.87. The van der Waals surface area contributed by atoms with Crippen LogP contribution in [-0.2, 0) is 25.7 Å². The van der Waals surface area contributed by atoms with Gasteiger partial charge in [0.15, 0.2) is 0 Å². The number of hydrogen-bond donors (Lipinski definition) is 4. The molecule has 0 unspecified atom stereocenters. The summed E-state index contributed by atoms with van der Waals surface area (Å²) >= 11 is 0. The van der Waals surface area contributed by atoms with Crippen LogP contribution in [0.2, 0.25) is 0 Å². The lowest BCUT2D eigenvalue weighted by Gasteiger charge is -2.17. The summed E-state index contributed by atoms with van der Waals surface area (Å²) in [7, 11) is 0. The Morgan fingerprint density at radius 1 is 1.19 bits per heavy atom. The normalized spacial score (nSPS) is 12.5. The first-order valence-electron chi connectivity index (χ1n) is 8.48. The number of aliphatic hydroxyl groups excluding tert-OH is 1. The van der Waals surface area contributed by atoms with Gasteiger partial charge < -0.3 is 31.0 Å². The van der Waals surface area contributed by atoms with Crippen LogP contribution in [0.25, 0.3) is 0 Å². The van der Waals surface area contributed by atoms with Gasteiger partial charge in [0.25, 0.3) is 0 Å². The summed E-state index contributed by atoms with van der Waals surface area (Å²) < 4.78 is 4.98. The number of alkyl carbamates (subject to hydrolysis) is 1. The lowest BCUT2D eigenvalue weighted by atomic mass is 10.1. The summed E-state index contributed by atoms with van der Waals surface area (Å²) in [6, 6.07) is 8.08. The summed E-state index contributed by atoms with van der Waals surface area (Å²) in [6.45, 7) is 1.25. The Labute approximate surface area is 157 Å². The molecule has 0 heterocycles. The van der Waals surface area contributed by atoms with Crippen LogP contribution >= 0.6 is 0 Å². The molecule has 2 atom stereocenters.